The molecule has 0 unspecified atom stereocenters. The van der Waals surface area contributed by atoms with Gasteiger partial charge in [0, 0.05) is 48.8 Å². The minimum Gasteiger partial charge on any atom is -0.493 e. The molecule has 2 heterocycles. The topological polar surface area (TPSA) is 72.0 Å². The summed E-state index contributed by atoms with van der Waals surface area (Å²) in [6.07, 6.45) is -0.327. The molecule has 4 rings (SSSR count). The maximum absolute atomic E-state index is 13.2. The number of hydrogen-bond donors (Lipinski definition) is 0. The van der Waals surface area contributed by atoms with Gasteiger partial charge in [-0.05, 0) is 39.0 Å². The summed E-state index contributed by atoms with van der Waals surface area (Å²) in [6, 6.07) is 15.7. The standard InChI is InChI=1S/C26H29N3O4/c1-4-32-24-17-23(19-8-6-18(3)7-9-19)27-22-11-10-20(16-21(22)24)25(30)28-12-14-29(15-13-28)26(31)33-5-2/h6-11,16-17H,4-5,12-15H2,1-3H3. The number of carbonyl (C=O) groups excluding carboxylic acids is 2. The van der Waals surface area contributed by atoms with Crippen LogP contribution in [0, 0.1) is 6.92 Å². The molecular formula is C26H29N3O4. The molecule has 1 aliphatic rings. The van der Waals surface area contributed by atoms with Crippen molar-refractivity contribution in [1.82, 2.24) is 14.8 Å². The number of ether oxygens (including phenoxy) is 2. The first-order chi connectivity index (χ1) is 16.0. The molecule has 1 fully saturated rings. The number of nitrogens with zero attached hydrogens (tertiary/aromatic N) is 3. The van der Waals surface area contributed by atoms with E-state index in [0.717, 1.165) is 22.2 Å². The van der Waals surface area contributed by atoms with Crippen molar-refractivity contribution < 1.29 is 19.1 Å². The smallest absolute Gasteiger partial charge is 0.409 e. The summed E-state index contributed by atoms with van der Waals surface area (Å²) >= 11 is 0. The van der Waals surface area contributed by atoms with Gasteiger partial charge in [0.15, 0.2) is 0 Å². The monoisotopic (exact) mass is 447 g/mol. The first kappa shape index (κ1) is 22.6. The molecule has 33 heavy (non-hydrogen) atoms. The van der Waals surface area contributed by atoms with Crippen LogP contribution in [0.5, 0.6) is 5.75 Å². The van der Waals surface area contributed by atoms with Crippen LogP contribution in [-0.4, -0.2) is 66.2 Å². The molecule has 7 heteroatoms. The van der Waals surface area contributed by atoms with Crippen molar-refractivity contribution in [2.45, 2.75) is 20.8 Å². The van der Waals surface area contributed by atoms with Crippen molar-refractivity contribution >= 4 is 22.9 Å². The Morgan fingerprint density at radius 2 is 1.61 bits per heavy atom. The number of pyridine rings is 1. The number of aromatic nitrogens is 1. The Kier molecular flexibility index (Phi) is 6.77. The largest absolute Gasteiger partial charge is 0.493 e. The predicted molar refractivity (Wildman–Crippen MR) is 128 cm³/mol. The van der Waals surface area contributed by atoms with Crippen LogP contribution in [0.1, 0.15) is 29.8 Å². The molecule has 7 nitrogen and oxygen atoms in total. The van der Waals surface area contributed by atoms with Gasteiger partial charge in [-0.25, -0.2) is 9.78 Å². The van der Waals surface area contributed by atoms with Crippen LogP contribution in [0.15, 0.2) is 48.5 Å². The molecule has 0 N–H and O–H groups in total. The van der Waals surface area contributed by atoms with Crippen LogP contribution >= 0.6 is 0 Å². The number of fused-ring (bicyclic) bond motifs is 1. The summed E-state index contributed by atoms with van der Waals surface area (Å²) in [5.41, 5.74) is 4.40. The van der Waals surface area contributed by atoms with Gasteiger partial charge in [0.1, 0.15) is 5.75 Å². The molecule has 0 aliphatic carbocycles. The van der Waals surface area contributed by atoms with Gasteiger partial charge in [0.25, 0.3) is 5.91 Å². The van der Waals surface area contributed by atoms with Gasteiger partial charge in [-0.15, -0.1) is 0 Å². The lowest BCUT2D eigenvalue weighted by molar-refractivity contribution is 0.0570. The SMILES string of the molecule is CCOC(=O)N1CCN(C(=O)c2ccc3nc(-c4ccc(C)cc4)cc(OCC)c3c2)CC1. The Labute approximate surface area is 193 Å². The highest BCUT2D eigenvalue weighted by Crippen LogP contribution is 2.31. The van der Waals surface area contributed by atoms with Crippen molar-refractivity contribution in [3.63, 3.8) is 0 Å². The van der Waals surface area contributed by atoms with E-state index in [2.05, 4.69) is 19.1 Å². The fourth-order valence-electron chi connectivity index (χ4n) is 3.96. The summed E-state index contributed by atoms with van der Waals surface area (Å²) < 4.78 is 11.0. The van der Waals surface area contributed by atoms with Gasteiger partial charge in [0.2, 0.25) is 0 Å². The molecule has 1 saturated heterocycles. The quantitative estimate of drug-likeness (QED) is 0.575. The van der Waals surface area contributed by atoms with Crippen LogP contribution in [0.3, 0.4) is 0 Å². The van der Waals surface area contributed by atoms with E-state index >= 15 is 0 Å². The molecule has 2 aromatic carbocycles. The van der Waals surface area contributed by atoms with E-state index < -0.39 is 0 Å². The van der Waals surface area contributed by atoms with E-state index in [1.54, 1.807) is 16.7 Å². The maximum atomic E-state index is 13.2. The molecule has 2 amide bonds. The molecule has 0 saturated carbocycles. The van der Waals surface area contributed by atoms with Crippen LogP contribution in [0.25, 0.3) is 22.2 Å². The van der Waals surface area contributed by atoms with Gasteiger partial charge >= 0.3 is 6.09 Å². The zero-order valence-corrected chi connectivity index (χ0v) is 19.3. The molecular weight excluding hydrogens is 418 g/mol. The third-order valence-corrected chi connectivity index (χ3v) is 5.76. The fourth-order valence-corrected chi connectivity index (χ4v) is 3.96. The van der Waals surface area contributed by atoms with Crippen LogP contribution in [-0.2, 0) is 4.74 Å². The Morgan fingerprint density at radius 1 is 0.909 bits per heavy atom. The fraction of sp³-hybridized carbons (Fsp3) is 0.346. The van der Waals surface area contributed by atoms with Crippen LogP contribution in [0.2, 0.25) is 0 Å². The summed E-state index contributed by atoms with van der Waals surface area (Å²) in [5.74, 6) is 0.644. The number of rotatable bonds is 5. The predicted octanol–water partition coefficient (Wildman–Crippen LogP) is 4.52. The van der Waals surface area contributed by atoms with Crippen molar-refractivity contribution in [2.75, 3.05) is 39.4 Å². The summed E-state index contributed by atoms with van der Waals surface area (Å²) in [5, 5.41) is 0.809. The van der Waals surface area contributed by atoms with E-state index in [1.165, 1.54) is 5.56 Å². The summed E-state index contributed by atoms with van der Waals surface area (Å²) in [4.78, 5) is 33.3. The number of amides is 2. The van der Waals surface area contributed by atoms with E-state index in [1.807, 2.05) is 43.3 Å². The maximum Gasteiger partial charge on any atom is 0.409 e. The van der Waals surface area contributed by atoms with E-state index in [9.17, 15) is 9.59 Å². The first-order valence-electron chi connectivity index (χ1n) is 11.4. The highest BCUT2D eigenvalue weighted by molar-refractivity contribution is 6.00. The second kappa shape index (κ2) is 9.90. The average molecular weight is 448 g/mol. The van der Waals surface area contributed by atoms with Crippen molar-refractivity contribution in [2.24, 2.45) is 0 Å². The minimum absolute atomic E-state index is 0.0644. The Morgan fingerprint density at radius 3 is 2.27 bits per heavy atom. The van der Waals surface area contributed by atoms with Gasteiger partial charge < -0.3 is 19.3 Å². The zero-order chi connectivity index (χ0) is 23.4. The van der Waals surface area contributed by atoms with Gasteiger partial charge in [0.05, 0.1) is 24.4 Å². The van der Waals surface area contributed by atoms with E-state index in [0.29, 0.717) is 50.7 Å². The molecule has 0 spiro atoms. The molecule has 0 radical (unpaired) electrons. The zero-order valence-electron chi connectivity index (χ0n) is 19.3. The lowest BCUT2D eigenvalue weighted by atomic mass is 10.0. The number of aryl methyl sites for hydroxylation is 1. The van der Waals surface area contributed by atoms with Crippen LogP contribution in [0.4, 0.5) is 4.79 Å². The second-order valence-corrected chi connectivity index (χ2v) is 8.01. The third kappa shape index (κ3) is 4.92. The van der Waals surface area contributed by atoms with Gasteiger partial charge in [-0.2, -0.15) is 0 Å². The summed E-state index contributed by atoms with van der Waals surface area (Å²) in [6.45, 7) is 8.50. The lowest BCUT2D eigenvalue weighted by Crippen LogP contribution is -2.50. The Hall–Kier alpha value is -3.61. The molecule has 0 bridgehead atoms. The number of hydrogen-bond acceptors (Lipinski definition) is 5. The van der Waals surface area contributed by atoms with Crippen LogP contribution < -0.4 is 4.74 Å². The van der Waals surface area contributed by atoms with Crippen molar-refractivity contribution in [1.29, 1.82) is 0 Å². The summed E-state index contributed by atoms with van der Waals surface area (Å²) in [7, 11) is 0. The highest BCUT2D eigenvalue weighted by Gasteiger charge is 2.26. The highest BCUT2D eigenvalue weighted by atomic mass is 16.6. The normalized spacial score (nSPS) is 13.8. The van der Waals surface area contributed by atoms with E-state index in [4.69, 9.17) is 14.5 Å². The van der Waals surface area contributed by atoms with Gasteiger partial charge in [-0.1, -0.05) is 29.8 Å². The van der Waals surface area contributed by atoms with Gasteiger partial charge in [-0.3, -0.25) is 4.79 Å². The minimum atomic E-state index is -0.327. The van der Waals surface area contributed by atoms with Crippen molar-refractivity contribution in [3.8, 4) is 17.0 Å². The van der Waals surface area contributed by atoms with E-state index in [-0.39, 0.29) is 12.0 Å². The second-order valence-electron chi connectivity index (χ2n) is 8.01. The van der Waals surface area contributed by atoms with Crippen molar-refractivity contribution in [3.05, 3.63) is 59.7 Å². The Bertz CT molecular complexity index is 1150. The lowest BCUT2D eigenvalue weighted by Gasteiger charge is -2.34. The molecule has 0 atom stereocenters. The third-order valence-electron chi connectivity index (χ3n) is 5.76. The average Bonchev–Trinajstić information content (AvgIpc) is 2.84. The molecule has 1 aromatic heterocycles. The Balaban J connectivity index is 1.59. The molecule has 1 aliphatic heterocycles. The number of carbonyl (C=O) groups is 2. The number of piperazine rings is 1. The molecule has 172 valence electrons. The number of benzene rings is 2. The first-order valence-corrected chi connectivity index (χ1v) is 11.4. The molecule has 3 aromatic rings.